The molecule has 2 rings (SSSR count). The first-order valence-corrected chi connectivity index (χ1v) is 10.6. The Balaban J connectivity index is 2.30. The average molecular weight is 444 g/mol. The summed E-state index contributed by atoms with van der Waals surface area (Å²) in [6, 6.07) is 8.67. The van der Waals surface area contributed by atoms with Crippen LogP contribution in [-0.4, -0.2) is 46.1 Å². The van der Waals surface area contributed by atoms with E-state index in [1.807, 2.05) is 18.7 Å². The molecule has 0 fully saturated rings. The Morgan fingerprint density at radius 1 is 1.26 bits per heavy atom. The molecule has 9 nitrogen and oxygen atoms in total. The first kappa shape index (κ1) is 23.9. The summed E-state index contributed by atoms with van der Waals surface area (Å²) in [6.45, 7) is 7.80. The van der Waals surface area contributed by atoms with Crippen LogP contribution < -0.4 is 25.4 Å². The minimum absolute atomic E-state index is 0.105. The van der Waals surface area contributed by atoms with Gasteiger partial charge in [-0.1, -0.05) is 19.9 Å². The summed E-state index contributed by atoms with van der Waals surface area (Å²) in [6.07, 6.45) is 1.47. The molecule has 1 aromatic heterocycles. The zero-order valence-corrected chi connectivity index (χ0v) is 18.5. The molecule has 3 N–H and O–H groups in total. The lowest BCUT2D eigenvalue weighted by Gasteiger charge is -2.17. The van der Waals surface area contributed by atoms with Crippen molar-refractivity contribution >= 4 is 46.4 Å². The molecule has 31 heavy (non-hydrogen) atoms. The molecule has 10 heteroatoms. The highest BCUT2D eigenvalue weighted by Crippen LogP contribution is 2.15. The van der Waals surface area contributed by atoms with Crippen molar-refractivity contribution < 1.29 is 14.7 Å². The van der Waals surface area contributed by atoms with Crippen LogP contribution in [0.5, 0.6) is 0 Å². The lowest BCUT2D eigenvalue weighted by Crippen LogP contribution is -2.32. The van der Waals surface area contributed by atoms with Crippen molar-refractivity contribution in [1.29, 1.82) is 5.26 Å². The largest absolute Gasteiger partial charge is 0.477 e. The molecule has 0 aliphatic carbocycles. The molecule has 1 aromatic carbocycles. The quantitative estimate of drug-likeness (QED) is 0.523. The summed E-state index contributed by atoms with van der Waals surface area (Å²) in [5.74, 6) is -1.49. The van der Waals surface area contributed by atoms with Gasteiger partial charge in [0.1, 0.15) is 15.3 Å². The Labute approximate surface area is 183 Å². The maximum absolute atomic E-state index is 12.6. The van der Waals surface area contributed by atoms with E-state index in [0.29, 0.717) is 17.9 Å². The van der Waals surface area contributed by atoms with Gasteiger partial charge in [0.05, 0.1) is 6.54 Å². The number of rotatable bonds is 9. The number of hydrogen-bond donors (Lipinski definition) is 3. The third-order valence-electron chi connectivity index (χ3n) is 4.54. The number of amides is 1. The SMILES string of the molecule is CCN(CC)CC(=O)Nc1cccc(NC=c2sc(=C(C#N)C(=O)O)n(CC)c2=O)c1. The number of aliphatic carboxylic acids is 1. The maximum Gasteiger partial charge on any atom is 0.349 e. The number of carbonyl (C=O) groups excluding carboxylic acids is 1. The smallest absolute Gasteiger partial charge is 0.349 e. The molecule has 1 heterocycles. The number of hydrogen-bond acceptors (Lipinski definition) is 7. The number of nitrogens with one attached hydrogen (secondary N) is 2. The lowest BCUT2D eigenvalue weighted by molar-refractivity contribution is -0.130. The Morgan fingerprint density at radius 3 is 2.52 bits per heavy atom. The fraction of sp³-hybridized carbons (Fsp3) is 0.333. The fourth-order valence-electron chi connectivity index (χ4n) is 2.87. The van der Waals surface area contributed by atoms with E-state index in [9.17, 15) is 19.5 Å². The first-order chi connectivity index (χ1) is 14.8. The van der Waals surface area contributed by atoms with E-state index < -0.39 is 11.5 Å². The zero-order chi connectivity index (χ0) is 23.0. The second kappa shape index (κ2) is 11.1. The molecule has 0 spiro atoms. The summed E-state index contributed by atoms with van der Waals surface area (Å²) in [7, 11) is 0. The molecule has 164 valence electrons. The first-order valence-electron chi connectivity index (χ1n) is 9.80. The molecule has 0 aliphatic heterocycles. The van der Waals surface area contributed by atoms with Crippen LogP contribution in [0, 0.1) is 11.3 Å². The van der Waals surface area contributed by atoms with E-state index in [4.69, 9.17) is 5.26 Å². The molecular formula is C21H25N5O4S. The van der Waals surface area contributed by atoms with E-state index in [-0.39, 0.29) is 27.2 Å². The molecule has 0 aliphatic rings. The molecule has 0 radical (unpaired) electrons. The monoisotopic (exact) mass is 443 g/mol. The predicted octanol–water partition coefficient (Wildman–Crippen LogP) is 0.819. The van der Waals surface area contributed by atoms with Crippen LogP contribution in [0.1, 0.15) is 20.8 Å². The van der Waals surface area contributed by atoms with Crippen molar-refractivity contribution in [2.24, 2.45) is 0 Å². The van der Waals surface area contributed by atoms with E-state index in [1.54, 1.807) is 37.3 Å². The van der Waals surface area contributed by atoms with Crippen molar-refractivity contribution in [3.8, 4) is 6.07 Å². The van der Waals surface area contributed by atoms with Crippen molar-refractivity contribution in [1.82, 2.24) is 9.47 Å². The normalized spacial score (nSPS) is 12.4. The standard InChI is InChI=1S/C21H25N5O4S/c1-4-25(5-2)13-18(27)24-15-9-7-8-14(10-15)23-12-17-19(28)26(6-3)20(31-17)16(11-22)21(29)30/h7-10,12,23H,4-6,13H2,1-3H3,(H,24,27)(H,29,30). The number of thiazole rings is 1. The molecule has 2 aromatic rings. The van der Waals surface area contributed by atoms with Crippen molar-refractivity contribution in [3.63, 3.8) is 0 Å². The number of carboxylic acids is 1. The number of benzene rings is 1. The number of nitrogens with zero attached hydrogens (tertiary/aromatic N) is 3. The van der Waals surface area contributed by atoms with Gasteiger partial charge < -0.3 is 15.7 Å². The summed E-state index contributed by atoms with van der Waals surface area (Å²) in [4.78, 5) is 38.1. The average Bonchev–Trinajstić information content (AvgIpc) is 3.06. The van der Waals surface area contributed by atoms with E-state index >= 15 is 0 Å². The van der Waals surface area contributed by atoms with E-state index in [2.05, 4.69) is 10.6 Å². The van der Waals surface area contributed by atoms with Gasteiger partial charge in [-0.05, 0) is 38.2 Å². The number of nitriles is 1. The van der Waals surface area contributed by atoms with Gasteiger partial charge in [-0.15, -0.1) is 11.3 Å². The van der Waals surface area contributed by atoms with Gasteiger partial charge in [0.2, 0.25) is 5.91 Å². The van der Waals surface area contributed by atoms with Gasteiger partial charge in [0.25, 0.3) is 5.56 Å². The highest BCUT2D eigenvalue weighted by Gasteiger charge is 2.13. The molecule has 0 saturated carbocycles. The van der Waals surface area contributed by atoms with Gasteiger partial charge in [0, 0.05) is 24.1 Å². The van der Waals surface area contributed by atoms with Gasteiger partial charge in [-0.3, -0.25) is 19.1 Å². The van der Waals surface area contributed by atoms with Crippen LogP contribution in [0.25, 0.3) is 11.8 Å². The predicted molar refractivity (Wildman–Crippen MR) is 121 cm³/mol. The third kappa shape index (κ3) is 6.04. The van der Waals surface area contributed by atoms with Crippen LogP contribution >= 0.6 is 11.3 Å². The van der Waals surface area contributed by atoms with E-state index in [0.717, 1.165) is 24.4 Å². The summed E-state index contributed by atoms with van der Waals surface area (Å²) in [5.41, 5.74) is 0.398. The van der Waals surface area contributed by atoms with Crippen LogP contribution in [0.4, 0.5) is 11.4 Å². The lowest BCUT2D eigenvalue weighted by atomic mass is 10.2. The number of carboxylic acid groups (broad SMARTS) is 1. The van der Waals surface area contributed by atoms with Crippen molar-refractivity contribution in [2.45, 2.75) is 27.3 Å². The highest BCUT2D eigenvalue weighted by molar-refractivity contribution is 7.07. The van der Waals surface area contributed by atoms with Crippen LogP contribution in [0.2, 0.25) is 0 Å². The fourth-order valence-corrected chi connectivity index (χ4v) is 3.95. The van der Waals surface area contributed by atoms with Crippen molar-refractivity contribution in [2.75, 3.05) is 30.3 Å². The molecule has 0 unspecified atom stereocenters. The zero-order valence-electron chi connectivity index (χ0n) is 17.6. The molecule has 1 amide bonds. The maximum atomic E-state index is 12.6. The topological polar surface area (TPSA) is 127 Å². The Bertz CT molecular complexity index is 1170. The molecular weight excluding hydrogens is 418 g/mol. The Kier molecular flexibility index (Phi) is 8.54. The molecule has 0 bridgehead atoms. The number of carbonyl (C=O) groups is 2. The minimum atomic E-state index is -1.38. The molecule has 0 atom stereocenters. The second-order valence-corrected chi connectivity index (χ2v) is 7.52. The Hall–Kier alpha value is -3.42. The summed E-state index contributed by atoms with van der Waals surface area (Å²) in [5, 5.41) is 24.2. The summed E-state index contributed by atoms with van der Waals surface area (Å²) >= 11 is 0.934. The summed E-state index contributed by atoms with van der Waals surface area (Å²) < 4.78 is 1.63. The van der Waals surface area contributed by atoms with E-state index in [1.165, 1.54) is 10.8 Å². The second-order valence-electron chi connectivity index (χ2n) is 6.49. The van der Waals surface area contributed by atoms with Crippen LogP contribution in [0.3, 0.4) is 0 Å². The van der Waals surface area contributed by atoms with Gasteiger partial charge in [0.15, 0.2) is 5.57 Å². The van der Waals surface area contributed by atoms with Crippen LogP contribution in [0.15, 0.2) is 29.1 Å². The number of likely N-dealkylation sites (N-methyl/N-ethyl adjacent to an activating group) is 1. The molecule has 0 saturated heterocycles. The Morgan fingerprint density at radius 2 is 1.94 bits per heavy atom. The van der Waals surface area contributed by atoms with Gasteiger partial charge in [-0.25, -0.2) is 4.79 Å². The van der Waals surface area contributed by atoms with Gasteiger partial charge >= 0.3 is 5.97 Å². The number of anilines is 2. The van der Waals surface area contributed by atoms with Crippen LogP contribution in [-0.2, 0) is 16.1 Å². The number of aromatic nitrogens is 1. The minimum Gasteiger partial charge on any atom is -0.477 e. The van der Waals surface area contributed by atoms with Crippen molar-refractivity contribution in [3.05, 3.63) is 43.8 Å². The van der Waals surface area contributed by atoms with Gasteiger partial charge in [-0.2, -0.15) is 5.26 Å². The third-order valence-corrected chi connectivity index (χ3v) is 5.67. The highest BCUT2D eigenvalue weighted by atomic mass is 32.1.